The molecular formula is C46H31N3. The predicted octanol–water partition coefficient (Wildman–Crippen LogP) is 12.0. The monoisotopic (exact) mass is 625 g/mol. The van der Waals surface area contributed by atoms with Crippen LogP contribution < -0.4 is 4.90 Å². The molecule has 0 aliphatic heterocycles. The first-order valence-corrected chi connectivity index (χ1v) is 16.8. The SMILES string of the molecule is c1ccc(N(c2ccc(-c3ccnc4c3Cc3ccccc3-4)cc2)c2cccc(-n3c4ccccc4c4cc5ccccc5cc43)c2)cc1. The lowest BCUT2D eigenvalue weighted by molar-refractivity contribution is 1.17. The number of fused-ring (bicyclic) bond motifs is 7. The Morgan fingerprint density at radius 2 is 1.20 bits per heavy atom. The van der Waals surface area contributed by atoms with Crippen molar-refractivity contribution < 1.29 is 0 Å². The summed E-state index contributed by atoms with van der Waals surface area (Å²) >= 11 is 0. The molecule has 0 radical (unpaired) electrons. The van der Waals surface area contributed by atoms with Crippen LogP contribution in [0.15, 0.2) is 176 Å². The summed E-state index contributed by atoms with van der Waals surface area (Å²) in [6.45, 7) is 0. The van der Waals surface area contributed by atoms with Crippen LogP contribution in [-0.2, 0) is 6.42 Å². The van der Waals surface area contributed by atoms with E-state index in [0.717, 1.165) is 34.9 Å². The third-order valence-corrected chi connectivity index (χ3v) is 10.0. The lowest BCUT2D eigenvalue weighted by atomic mass is 9.98. The smallest absolute Gasteiger partial charge is 0.0746 e. The molecule has 7 aromatic carbocycles. The van der Waals surface area contributed by atoms with Gasteiger partial charge in [0.1, 0.15) is 0 Å². The minimum Gasteiger partial charge on any atom is -0.310 e. The molecule has 0 spiro atoms. The van der Waals surface area contributed by atoms with E-state index in [0.29, 0.717) is 0 Å². The summed E-state index contributed by atoms with van der Waals surface area (Å²) in [7, 11) is 0. The van der Waals surface area contributed by atoms with Crippen molar-refractivity contribution in [3.05, 3.63) is 187 Å². The van der Waals surface area contributed by atoms with Crippen molar-refractivity contribution in [1.82, 2.24) is 9.55 Å². The van der Waals surface area contributed by atoms with E-state index >= 15 is 0 Å². The first-order chi connectivity index (χ1) is 24.3. The number of anilines is 3. The number of benzene rings is 7. The summed E-state index contributed by atoms with van der Waals surface area (Å²) in [6, 6.07) is 61.4. The zero-order valence-corrected chi connectivity index (χ0v) is 26.8. The molecule has 3 heteroatoms. The Labute approximate surface area is 285 Å². The summed E-state index contributed by atoms with van der Waals surface area (Å²) in [5.74, 6) is 0. The number of para-hydroxylation sites is 2. The molecule has 230 valence electrons. The number of pyridine rings is 1. The molecule has 10 rings (SSSR count). The van der Waals surface area contributed by atoms with Gasteiger partial charge < -0.3 is 9.47 Å². The van der Waals surface area contributed by atoms with E-state index in [1.54, 1.807) is 0 Å². The summed E-state index contributed by atoms with van der Waals surface area (Å²) < 4.78 is 2.41. The van der Waals surface area contributed by atoms with Crippen molar-refractivity contribution in [2.24, 2.45) is 0 Å². The summed E-state index contributed by atoms with van der Waals surface area (Å²) in [5, 5.41) is 5.02. The molecule has 0 bridgehead atoms. The molecule has 0 N–H and O–H groups in total. The summed E-state index contributed by atoms with van der Waals surface area (Å²) in [4.78, 5) is 7.13. The number of nitrogens with zero attached hydrogens (tertiary/aromatic N) is 3. The highest BCUT2D eigenvalue weighted by Crippen LogP contribution is 2.42. The normalized spacial score (nSPS) is 12.0. The van der Waals surface area contributed by atoms with Crippen LogP contribution in [0.25, 0.3) is 60.6 Å². The van der Waals surface area contributed by atoms with Crippen LogP contribution in [0.4, 0.5) is 17.1 Å². The molecule has 2 heterocycles. The van der Waals surface area contributed by atoms with Crippen LogP contribution in [0, 0.1) is 0 Å². The first kappa shape index (κ1) is 27.6. The number of hydrogen-bond donors (Lipinski definition) is 0. The molecule has 0 saturated heterocycles. The Balaban J connectivity index is 1.10. The second-order valence-corrected chi connectivity index (χ2v) is 12.8. The van der Waals surface area contributed by atoms with Gasteiger partial charge in [-0.3, -0.25) is 4.98 Å². The Morgan fingerprint density at radius 3 is 2.08 bits per heavy atom. The van der Waals surface area contributed by atoms with Crippen LogP contribution in [0.1, 0.15) is 11.1 Å². The average molecular weight is 626 g/mol. The van der Waals surface area contributed by atoms with Crippen molar-refractivity contribution >= 4 is 49.6 Å². The van der Waals surface area contributed by atoms with Gasteiger partial charge in [0.05, 0.1) is 16.7 Å². The minimum absolute atomic E-state index is 0.915. The quantitative estimate of drug-likeness (QED) is 0.190. The van der Waals surface area contributed by atoms with Crippen molar-refractivity contribution in [3.63, 3.8) is 0 Å². The average Bonchev–Trinajstić information content (AvgIpc) is 3.70. The highest BCUT2D eigenvalue weighted by Gasteiger charge is 2.23. The van der Waals surface area contributed by atoms with Gasteiger partial charge in [-0.1, -0.05) is 103 Å². The molecular weight excluding hydrogens is 595 g/mol. The van der Waals surface area contributed by atoms with E-state index in [2.05, 4.69) is 179 Å². The van der Waals surface area contributed by atoms with Gasteiger partial charge in [-0.05, 0) is 99.8 Å². The lowest BCUT2D eigenvalue weighted by Crippen LogP contribution is -2.10. The fraction of sp³-hybridized carbons (Fsp3) is 0.0217. The molecule has 0 unspecified atom stereocenters. The number of hydrogen-bond acceptors (Lipinski definition) is 2. The van der Waals surface area contributed by atoms with Crippen molar-refractivity contribution in [1.29, 1.82) is 0 Å². The molecule has 0 atom stereocenters. The van der Waals surface area contributed by atoms with Gasteiger partial charge in [-0.15, -0.1) is 0 Å². The number of aromatic nitrogens is 2. The fourth-order valence-corrected chi connectivity index (χ4v) is 7.79. The van der Waals surface area contributed by atoms with Gasteiger partial charge in [-0.2, -0.15) is 0 Å². The van der Waals surface area contributed by atoms with E-state index in [1.165, 1.54) is 60.4 Å². The van der Waals surface area contributed by atoms with Crippen molar-refractivity contribution in [2.75, 3.05) is 4.90 Å². The van der Waals surface area contributed by atoms with E-state index in [-0.39, 0.29) is 0 Å². The maximum Gasteiger partial charge on any atom is 0.0746 e. The lowest BCUT2D eigenvalue weighted by Gasteiger charge is -2.26. The highest BCUT2D eigenvalue weighted by atomic mass is 15.1. The zero-order chi connectivity index (χ0) is 32.3. The Kier molecular flexibility index (Phi) is 6.25. The first-order valence-electron chi connectivity index (χ1n) is 16.8. The van der Waals surface area contributed by atoms with E-state index < -0.39 is 0 Å². The van der Waals surface area contributed by atoms with E-state index in [9.17, 15) is 0 Å². The third-order valence-electron chi connectivity index (χ3n) is 10.0. The molecule has 9 aromatic rings. The van der Waals surface area contributed by atoms with E-state index in [1.807, 2.05) is 6.20 Å². The van der Waals surface area contributed by atoms with Gasteiger partial charge in [0.25, 0.3) is 0 Å². The molecule has 0 fully saturated rings. The largest absolute Gasteiger partial charge is 0.310 e. The summed E-state index contributed by atoms with van der Waals surface area (Å²) in [5.41, 5.74) is 14.3. The standard InChI is InChI=1S/C46H31N3/c1-2-14-35(15-3-1)48(36-23-21-31(22-24-36)39-25-26-47-46-40-18-7-6-13-34(40)28-43(39)46)37-16-10-17-38(30-37)49-44-20-9-8-19-41(44)42-27-32-11-4-5-12-33(32)29-45(42)49/h1-27,29-30H,28H2. The summed E-state index contributed by atoms with van der Waals surface area (Å²) in [6.07, 6.45) is 2.86. The molecule has 49 heavy (non-hydrogen) atoms. The second kappa shape index (κ2) is 11.1. The van der Waals surface area contributed by atoms with E-state index in [4.69, 9.17) is 4.98 Å². The van der Waals surface area contributed by atoms with Gasteiger partial charge in [0.15, 0.2) is 0 Å². The number of rotatable bonds is 5. The highest BCUT2D eigenvalue weighted by molar-refractivity contribution is 6.13. The maximum absolute atomic E-state index is 4.78. The Morgan fingerprint density at radius 1 is 0.490 bits per heavy atom. The Hall–Kier alpha value is -6.45. The van der Waals surface area contributed by atoms with Gasteiger partial charge in [0.2, 0.25) is 0 Å². The van der Waals surface area contributed by atoms with Crippen LogP contribution in [0.5, 0.6) is 0 Å². The van der Waals surface area contributed by atoms with Gasteiger partial charge >= 0.3 is 0 Å². The van der Waals surface area contributed by atoms with Gasteiger partial charge in [-0.25, -0.2) is 0 Å². The molecule has 1 aliphatic carbocycles. The maximum atomic E-state index is 4.78. The van der Waals surface area contributed by atoms with Crippen LogP contribution in [-0.4, -0.2) is 9.55 Å². The van der Waals surface area contributed by atoms with Crippen molar-refractivity contribution in [2.45, 2.75) is 6.42 Å². The van der Waals surface area contributed by atoms with Gasteiger partial charge in [0, 0.05) is 51.7 Å². The minimum atomic E-state index is 0.915. The van der Waals surface area contributed by atoms with Crippen LogP contribution in [0.3, 0.4) is 0 Å². The molecule has 0 saturated carbocycles. The third kappa shape index (κ3) is 4.47. The zero-order valence-electron chi connectivity index (χ0n) is 26.8. The fourth-order valence-electron chi connectivity index (χ4n) is 7.79. The Bertz CT molecular complexity index is 2690. The topological polar surface area (TPSA) is 21.1 Å². The molecule has 0 amide bonds. The second-order valence-electron chi connectivity index (χ2n) is 12.8. The van der Waals surface area contributed by atoms with Crippen LogP contribution in [0.2, 0.25) is 0 Å². The molecule has 3 nitrogen and oxygen atoms in total. The van der Waals surface area contributed by atoms with Crippen molar-refractivity contribution in [3.8, 4) is 28.1 Å². The van der Waals surface area contributed by atoms with Crippen LogP contribution >= 0.6 is 0 Å². The molecule has 2 aromatic heterocycles. The predicted molar refractivity (Wildman–Crippen MR) is 204 cm³/mol. The molecule has 1 aliphatic rings.